The van der Waals surface area contributed by atoms with Gasteiger partial charge >= 0.3 is 0 Å². The van der Waals surface area contributed by atoms with E-state index in [1.165, 1.54) is 44.6 Å². The normalized spacial score (nSPS) is 10.0. The molecule has 1 amide bonds. The number of carbonyl (C=O) groups is 1. The zero-order chi connectivity index (χ0) is 17.0. The summed E-state index contributed by atoms with van der Waals surface area (Å²) in [6.45, 7) is 0. The molecule has 1 N–H and O–H groups in total. The molecule has 0 unspecified atom stereocenters. The summed E-state index contributed by atoms with van der Waals surface area (Å²) in [7, 11) is 2.92. The van der Waals surface area contributed by atoms with Crippen LogP contribution < -0.4 is 14.8 Å². The SMILES string of the molecule is COc1cc(OC)cc(C(=O)Nc2ccc(Cl)cc2[N+](=O)[O-])c1. The van der Waals surface area contributed by atoms with Gasteiger partial charge < -0.3 is 14.8 Å². The second-order valence-corrected chi connectivity index (χ2v) is 4.91. The van der Waals surface area contributed by atoms with Crippen LogP contribution in [0, 0.1) is 10.1 Å². The predicted octanol–water partition coefficient (Wildman–Crippen LogP) is 3.52. The molecule has 0 aliphatic heterocycles. The highest BCUT2D eigenvalue weighted by Crippen LogP contribution is 2.29. The first-order valence-corrected chi connectivity index (χ1v) is 6.80. The van der Waals surface area contributed by atoms with E-state index in [0.29, 0.717) is 11.5 Å². The highest BCUT2D eigenvalue weighted by atomic mass is 35.5. The van der Waals surface area contributed by atoms with Crippen LogP contribution in [0.1, 0.15) is 10.4 Å². The molecule has 0 saturated heterocycles. The van der Waals surface area contributed by atoms with Crippen molar-refractivity contribution in [3.8, 4) is 11.5 Å². The number of nitrogens with zero attached hydrogens (tertiary/aromatic N) is 1. The Morgan fingerprint density at radius 1 is 1.13 bits per heavy atom. The minimum absolute atomic E-state index is 0.0474. The van der Waals surface area contributed by atoms with Crippen molar-refractivity contribution in [3.05, 3.63) is 57.1 Å². The van der Waals surface area contributed by atoms with Crippen LogP contribution >= 0.6 is 11.6 Å². The minimum Gasteiger partial charge on any atom is -0.497 e. The predicted molar refractivity (Wildman–Crippen MR) is 85.6 cm³/mol. The number of nitro groups is 1. The summed E-state index contributed by atoms with van der Waals surface area (Å²) in [6, 6.07) is 8.61. The van der Waals surface area contributed by atoms with E-state index >= 15 is 0 Å². The number of hydrogen-bond donors (Lipinski definition) is 1. The van der Waals surface area contributed by atoms with Gasteiger partial charge in [-0.15, -0.1) is 0 Å². The van der Waals surface area contributed by atoms with E-state index in [4.69, 9.17) is 21.1 Å². The average molecular weight is 337 g/mol. The lowest BCUT2D eigenvalue weighted by Gasteiger charge is -2.09. The van der Waals surface area contributed by atoms with Crippen molar-refractivity contribution in [2.45, 2.75) is 0 Å². The molecule has 0 radical (unpaired) electrons. The first-order chi connectivity index (χ1) is 10.9. The number of nitrogens with one attached hydrogen (secondary N) is 1. The molecular weight excluding hydrogens is 324 g/mol. The number of benzene rings is 2. The summed E-state index contributed by atoms with van der Waals surface area (Å²) in [5, 5.41) is 13.7. The lowest BCUT2D eigenvalue weighted by molar-refractivity contribution is -0.383. The number of hydrogen-bond acceptors (Lipinski definition) is 5. The van der Waals surface area contributed by atoms with Crippen LogP contribution in [0.3, 0.4) is 0 Å². The molecule has 0 fully saturated rings. The standard InChI is InChI=1S/C15H13ClN2O5/c1-22-11-5-9(6-12(8-11)23-2)15(19)17-13-4-3-10(16)7-14(13)18(20)21/h3-8H,1-2H3,(H,17,19). The van der Waals surface area contributed by atoms with Crippen LogP contribution in [0.25, 0.3) is 0 Å². The number of nitro benzene ring substituents is 1. The van der Waals surface area contributed by atoms with Crippen LogP contribution in [-0.2, 0) is 0 Å². The Balaban J connectivity index is 2.34. The molecule has 23 heavy (non-hydrogen) atoms. The highest BCUT2D eigenvalue weighted by molar-refractivity contribution is 6.31. The molecule has 2 aromatic rings. The zero-order valence-corrected chi connectivity index (χ0v) is 13.1. The molecule has 8 heteroatoms. The highest BCUT2D eigenvalue weighted by Gasteiger charge is 2.18. The number of anilines is 1. The molecule has 0 bridgehead atoms. The Morgan fingerprint density at radius 3 is 2.26 bits per heavy atom. The summed E-state index contributed by atoms with van der Waals surface area (Å²) in [4.78, 5) is 22.8. The van der Waals surface area contributed by atoms with E-state index < -0.39 is 10.8 Å². The van der Waals surface area contributed by atoms with Crippen molar-refractivity contribution in [3.63, 3.8) is 0 Å². The number of amides is 1. The fourth-order valence-electron chi connectivity index (χ4n) is 1.89. The first-order valence-electron chi connectivity index (χ1n) is 6.43. The molecule has 0 aliphatic carbocycles. The fourth-order valence-corrected chi connectivity index (χ4v) is 2.06. The van der Waals surface area contributed by atoms with Gasteiger partial charge in [0, 0.05) is 22.7 Å². The number of ether oxygens (including phenoxy) is 2. The smallest absolute Gasteiger partial charge is 0.294 e. The van der Waals surface area contributed by atoms with Gasteiger partial charge in [0.25, 0.3) is 11.6 Å². The van der Waals surface area contributed by atoms with Gasteiger partial charge in [0.2, 0.25) is 0 Å². The number of halogens is 1. The fraction of sp³-hybridized carbons (Fsp3) is 0.133. The van der Waals surface area contributed by atoms with E-state index in [-0.39, 0.29) is 22.0 Å². The van der Waals surface area contributed by atoms with Gasteiger partial charge in [-0.05, 0) is 24.3 Å². The van der Waals surface area contributed by atoms with E-state index in [0.717, 1.165) is 0 Å². The summed E-state index contributed by atoms with van der Waals surface area (Å²) in [5.74, 6) is 0.327. The largest absolute Gasteiger partial charge is 0.497 e. The summed E-state index contributed by atoms with van der Waals surface area (Å²) in [5.41, 5.74) is -0.00246. The third-order valence-electron chi connectivity index (χ3n) is 3.02. The van der Waals surface area contributed by atoms with Crippen molar-refractivity contribution in [1.82, 2.24) is 0 Å². The van der Waals surface area contributed by atoms with Gasteiger partial charge in [0.1, 0.15) is 17.2 Å². The van der Waals surface area contributed by atoms with E-state index in [9.17, 15) is 14.9 Å². The van der Waals surface area contributed by atoms with Crippen molar-refractivity contribution in [1.29, 1.82) is 0 Å². The van der Waals surface area contributed by atoms with Crippen LogP contribution in [0.15, 0.2) is 36.4 Å². The molecule has 2 aromatic carbocycles. The molecule has 0 heterocycles. The van der Waals surface area contributed by atoms with Crippen molar-refractivity contribution in [2.24, 2.45) is 0 Å². The van der Waals surface area contributed by atoms with Gasteiger partial charge in [-0.2, -0.15) is 0 Å². The Labute approximate surface area is 136 Å². The Hall–Kier alpha value is -2.80. The maximum absolute atomic E-state index is 12.3. The molecule has 2 rings (SSSR count). The van der Waals surface area contributed by atoms with Crippen LogP contribution in [0.5, 0.6) is 11.5 Å². The third kappa shape index (κ3) is 3.89. The number of carbonyl (C=O) groups excluding carboxylic acids is 1. The maximum atomic E-state index is 12.3. The number of methoxy groups -OCH3 is 2. The van der Waals surface area contributed by atoms with Crippen LogP contribution in [0.4, 0.5) is 11.4 Å². The maximum Gasteiger partial charge on any atom is 0.294 e. The topological polar surface area (TPSA) is 90.7 Å². The third-order valence-corrected chi connectivity index (χ3v) is 3.25. The Morgan fingerprint density at radius 2 is 1.74 bits per heavy atom. The molecule has 0 aliphatic rings. The molecular formula is C15H13ClN2O5. The second-order valence-electron chi connectivity index (χ2n) is 4.47. The van der Waals surface area contributed by atoms with Gasteiger partial charge in [0.15, 0.2) is 0 Å². The van der Waals surface area contributed by atoms with Crippen LogP contribution in [0.2, 0.25) is 5.02 Å². The lowest BCUT2D eigenvalue weighted by Crippen LogP contribution is -2.13. The van der Waals surface area contributed by atoms with Gasteiger partial charge in [0.05, 0.1) is 19.1 Å². The monoisotopic (exact) mass is 336 g/mol. The quantitative estimate of drug-likeness (QED) is 0.666. The van der Waals surface area contributed by atoms with Crippen molar-refractivity contribution >= 4 is 28.9 Å². The van der Waals surface area contributed by atoms with Gasteiger partial charge in [-0.3, -0.25) is 14.9 Å². The molecule has 0 aromatic heterocycles. The first kappa shape index (κ1) is 16.6. The minimum atomic E-state index is -0.617. The summed E-state index contributed by atoms with van der Waals surface area (Å²) >= 11 is 5.74. The molecule has 7 nitrogen and oxygen atoms in total. The summed E-state index contributed by atoms with van der Waals surface area (Å²) < 4.78 is 10.2. The van der Waals surface area contributed by atoms with E-state index in [1.54, 1.807) is 6.07 Å². The zero-order valence-electron chi connectivity index (χ0n) is 12.3. The van der Waals surface area contributed by atoms with Crippen LogP contribution in [-0.4, -0.2) is 25.1 Å². The van der Waals surface area contributed by atoms with E-state index in [1.807, 2.05) is 0 Å². The Bertz CT molecular complexity index is 741. The number of rotatable bonds is 5. The Kier molecular flexibility index (Phi) is 5.02. The molecule has 0 spiro atoms. The molecule has 120 valence electrons. The van der Waals surface area contributed by atoms with Gasteiger partial charge in [-0.25, -0.2) is 0 Å². The molecule has 0 atom stereocenters. The van der Waals surface area contributed by atoms with Crippen molar-refractivity contribution < 1.29 is 19.2 Å². The lowest BCUT2D eigenvalue weighted by atomic mass is 10.1. The van der Waals surface area contributed by atoms with Gasteiger partial charge in [-0.1, -0.05) is 11.6 Å². The summed E-state index contributed by atoms with van der Waals surface area (Å²) in [6.07, 6.45) is 0. The molecule has 0 saturated carbocycles. The van der Waals surface area contributed by atoms with E-state index in [2.05, 4.69) is 5.32 Å². The average Bonchev–Trinajstić information content (AvgIpc) is 2.55. The van der Waals surface area contributed by atoms with Crippen molar-refractivity contribution in [2.75, 3.05) is 19.5 Å². The second kappa shape index (κ2) is 6.97.